The second-order valence-corrected chi connectivity index (χ2v) is 4.02. The third kappa shape index (κ3) is 4.84. The van der Waals surface area contributed by atoms with E-state index in [1.54, 1.807) is 19.1 Å². The maximum atomic E-state index is 11.3. The molecule has 5 nitrogen and oxygen atoms in total. The third-order valence-corrected chi connectivity index (χ3v) is 2.38. The number of imide groups is 1. The average Bonchev–Trinajstić information content (AvgIpc) is 2.25. The van der Waals surface area contributed by atoms with Crippen LogP contribution < -0.4 is 16.4 Å². The summed E-state index contributed by atoms with van der Waals surface area (Å²) in [6.07, 6.45) is 0. The van der Waals surface area contributed by atoms with Gasteiger partial charge in [-0.2, -0.15) is 0 Å². The van der Waals surface area contributed by atoms with Crippen LogP contribution in [0.1, 0.15) is 12.5 Å². The third-order valence-electron chi connectivity index (χ3n) is 2.14. The van der Waals surface area contributed by atoms with E-state index in [1.165, 1.54) is 0 Å². The fourth-order valence-electron chi connectivity index (χ4n) is 1.24. The van der Waals surface area contributed by atoms with Crippen LogP contribution in [-0.4, -0.2) is 18.0 Å². The van der Waals surface area contributed by atoms with Crippen LogP contribution in [0.5, 0.6) is 0 Å². The normalized spacial score (nSPS) is 11.9. The lowest BCUT2D eigenvalue weighted by molar-refractivity contribution is -0.121. The van der Waals surface area contributed by atoms with Crippen molar-refractivity contribution in [2.24, 2.45) is 5.73 Å². The molecule has 4 N–H and O–H groups in total. The van der Waals surface area contributed by atoms with E-state index in [4.69, 9.17) is 17.3 Å². The number of primary amides is 1. The van der Waals surface area contributed by atoms with Crippen LogP contribution in [0.4, 0.5) is 4.79 Å². The van der Waals surface area contributed by atoms with Crippen molar-refractivity contribution in [3.63, 3.8) is 0 Å². The van der Waals surface area contributed by atoms with Gasteiger partial charge < -0.3 is 11.1 Å². The predicted molar refractivity (Wildman–Crippen MR) is 65.5 cm³/mol. The van der Waals surface area contributed by atoms with Crippen molar-refractivity contribution in [2.45, 2.75) is 19.5 Å². The summed E-state index contributed by atoms with van der Waals surface area (Å²) >= 11 is 5.82. The topological polar surface area (TPSA) is 84.2 Å². The molecule has 0 saturated carbocycles. The number of benzene rings is 1. The first-order valence-corrected chi connectivity index (χ1v) is 5.45. The van der Waals surface area contributed by atoms with Crippen molar-refractivity contribution < 1.29 is 9.59 Å². The molecule has 1 aromatic rings. The number of urea groups is 1. The van der Waals surface area contributed by atoms with Crippen LogP contribution in [0.2, 0.25) is 5.02 Å². The molecule has 92 valence electrons. The van der Waals surface area contributed by atoms with Crippen LogP contribution in [-0.2, 0) is 11.3 Å². The highest BCUT2D eigenvalue weighted by Crippen LogP contribution is 2.10. The molecule has 0 bridgehead atoms. The van der Waals surface area contributed by atoms with Crippen LogP contribution in [0, 0.1) is 0 Å². The van der Waals surface area contributed by atoms with Gasteiger partial charge in [-0.1, -0.05) is 23.7 Å². The second-order valence-electron chi connectivity index (χ2n) is 3.59. The fourth-order valence-corrected chi connectivity index (χ4v) is 1.45. The van der Waals surface area contributed by atoms with Gasteiger partial charge in [0, 0.05) is 11.6 Å². The number of nitrogens with one attached hydrogen (secondary N) is 2. The van der Waals surface area contributed by atoms with Crippen LogP contribution in [0.15, 0.2) is 24.3 Å². The van der Waals surface area contributed by atoms with E-state index in [1.807, 2.05) is 17.4 Å². The fraction of sp³-hybridized carbons (Fsp3) is 0.273. The van der Waals surface area contributed by atoms with Crippen molar-refractivity contribution in [3.8, 4) is 0 Å². The van der Waals surface area contributed by atoms with Gasteiger partial charge in [0.15, 0.2) is 0 Å². The molecule has 0 aliphatic heterocycles. The molecule has 1 unspecified atom stereocenters. The number of hydrogen-bond donors (Lipinski definition) is 3. The van der Waals surface area contributed by atoms with Gasteiger partial charge in [0.25, 0.3) is 0 Å². The Bertz CT molecular complexity index is 423. The number of amides is 3. The molecule has 0 aliphatic rings. The first kappa shape index (κ1) is 13.5. The summed E-state index contributed by atoms with van der Waals surface area (Å²) in [5.41, 5.74) is 5.80. The van der Waals surface area contributed by atoms with E-state index < -0.39 is 18.0 Å². The molecule has 0 fully saturated rings. The van der Waals surface area contributed by atoms with E-state index in [-0.39, 0.29) is 0 Å². The van der Waals surface area contributed by atoms with E-state index in [2.05, 4.69) is 5.32 Å². The van der Waals surface area contributed by atoms with E-state index >= 15 is 0 Å². The molecular formula is C11H14ClN3O2. The quantitative estimate of drug-likeness (QED) is 0.751. The lowest BCUT2D eigenvalue weighted by Gasteiger charge is -2.12. The SMILES string of the molecule is CC(NCc1cccc(Cl)c1)C(=O)NC(N)=O. The summed E-state index contributed by atoms with van der Waals surface area (Å²) in [5, 5.41) is 5.59. The van der Waals surface area contributed by atoms with E-state index in [9.17, 15) is 9.59 Å². The van der Waals surface area contributed by atoms with E-state index in [0.29, 0.717) is 11.6 Å². The zero-order chi connectivity index (χ0) is 12.8. The predicted octanol–water partition coefficient (Wildman–Crippen LogP) is 1.01. The summed E-state index contributed by atoms with van der Waals surface area (Å²) in [6, 6.07) is 5.92. The van der Waals surface area contributed by atoms with Crippen LogP contribution >= 0.6 is 11.6 Å². The molecule has 3 amide bonds. The first-order chi connectivity index (χ1) is 7.99. The molecule has 0 radical (unpaired) electrons. The molecule has 17 heavy (non-hydrogen) atoms. The molecule has 0 heterocycles. The Labute approximate surface area is 104 Å². The molecule has 1 aromatic carbocycles. The molecular weight excluding hydrogens is 242 g/mol. The minimum Gasteiger partial charge on any atom is -0.351 e. The van der Waals surface area contributed by atoms with Crippen molar-refractivity contribution in [1.82, 2.24) is 10.6 Å². The van der Waals surface area contributed by atoms with Gasteiger partial charge in [-0.3, -0.25) is 10.1 Å². The Morgan fingerprint density at radius 1 is 1.47 bits per heavy atom. The van der Waals surface area contributed by atoms with Crippen molar-refractivity contribution in [3.05, 3.63) is 34.9 Å². The Morgan fingerprint density at radius 3 is 2.76 bits per heavy atom. The van der Waals surface area contributed by atoms with Gasteiger partial charge in [-0.25, -0.2) is 4.79 Å². The zero-order valence-corrected chi connectivity index (χ0v) is 10.1. The molecule has 0 aliphatic carbocycles. The number of hydrogen-bond acceptors (Lipinski definition) is 3. The first-order valence-electron chi connectivity index (χ1n) is 5.07. The Morgan fingerprint density at radius 2 is 2.18 bits per heavy atom. The highest BCUT2D eigenvalue weighted by atomic mass is 35.5. The maximum Gasteiger partial charge on any atom is 0.318 e. The Hall–Kier alpha value is -1.59. The van der Waals surface area contributed by atoms with Gasteiger partial charge in [-0.05, 0) is 24.6 Å². The number of halogens is 1. The summed E-state index contributed by atoms with van der Waals surface area (Å²) in [7, 11) is 0. The molecule has 6 heteroatoms. The number of carbonyl (C=O) groups is 2. The molecule has 0 spiro atoms. The number of carbonyl (C=O) groups excluding carboxylic acids is 2. The summed E-state index contributed by atoms with van der Waals surface area (Å²) in [6.45, 7) is 2.12. The summed E-state index contributed by atoms with van der Waals surface area (Å²) < 4.78 is 0. The lowest BCUT2D eigenvalue weighted by atomic mass is 10.2. The van der Waals surface area contributed by atoms with Gasteiger partial charge >= 0.3 is 6.03 Å². The molecule has 0 aromatic heterocycles. The van der Waals surface area contributed by atoms with Gasteiger partial charge in [-0.15, -0.1) is 0 Å². The molecule has 1 rings (SSSR count). The van der Waals surface area contributed by atoms with Gasteiger partial charge in [0.1, 0.15) is 0 Å². The summed E-state index contributed by atoms with van der Waals surface area (Å²) in [5.74, 6) is -0.459. The van der Waals surface area contributed by atoms with Gasteiger partial charge in [0.2, 0.25) is 5.91 Å². The minimum atomic E-state index is -0.855. The van der Waals surface area contributed by atoms with Crippen molar-refractivity contribution in [2.75, 3.05) is 0 Å². The van der Waals surface area contributed by atoms with Crippen molar-refractivity contribution in [1.29, 1.82) is 0 Å². The van der Waals surface area contributed by atoms with Gasteiger partial charge in [0.05, 0.1) is 6.04 Å². The smallest absolute Gasteiger partial charge is 0.318 e. The Kier molecular flexibility index (Phi) is 4.93. The average molecular weight is 256 g/mol. The highest BCUT2D eigenvalue weighted by molar-refractivity contribution is 6.30. The molecule has 0 saturated heterocycles. The van der Waals surface area contributed by atoms with Crippen molar-refractivity contribution >= 4 is 23.5 Å². The lowest BCUT2D eigenvalue weighted by Crippen LogP contribution is -2.46. The number of rotatable bonds is 4. The summed E-state index contributed by atoms with van der Waals surface area (Å²) in [4.78, 5) is 21.8. The monoisotopic (exact) mass is 255 g/mol. The van der Waals surface area contributed by atoms with E-state index in [0.717, 1.165) is 5.56 Å². The number of nitrogens with two attached hydrogens (primary N) is 1. The minimum absolute atomic E-state index is 0.459. The van der Waals surface area contributed by atoms with Crippen LogP contribution in [0.25, 0.3) is 0 Å². The highest BCUT2D eigenvalue weighted by Gasteiger charge is 2.13. The maximum absolute atomic E-state index is 11.3. The zero-order valence-electron chi connectivity index (χ0n) is 9.37. The van der Waals surface area contributed by atoms with Crippen LogP contribution in [0.3, 0.4) is 0 Å². The standard InChI is InChI=1S/C11H14ClN3O2/c1-7(10(16)15-11(13)17)14-6-8-3-2-4-9(12)5-8/h2-5,7,14H,6H2,1H3,(H3,13,15,16,17). The Balaban J connectivity index is 2.45. The second kappa shape index (κ2) is 6.22. The molecule has 1 atom stereocenters. The largest absolute Gasteiger partial charge is 0.351 e.